The van der Waals surface area contributed by atoms with Gasteiger partial charge in [-0.05, 0) is 12.8 Å². The highest BCUT2D eigenvalue weighted by Gasteiger charge is 2.08. The van der Waals surface area contributed by atoms with Crippen molar-refractivity contribution in [1.29, 1.82) is 0 Å². The maximum Gasteiger partial charge on any atom is 0.202 e. The predicted molar refractivity (Wildman–Crippen MR) is 116 cm³/mol. The van der Waals surface area contributed by atoms with Gasteiger partial charge in [-0.3, -0.25) is 0 Å². The minimum Gasteiger partial charge on any atom is -0.342 e. The van der Waals surface area contributed by atoms with Crippen LogP contribution in [0, 0.1) is 0 Å². The van der Waals surface area contributed by atoms with Crippen LogP contribution in [0.15, 0.2) is 12.4 Å². The van der Waals surface area contributed by atoms with Crippen molar-refractivity contribution >= 4 is 5.95 Å². The third-order valence-electron chi connectivity index (χ3n) is 5.35. The molecule has 0 saturated heterocycles. The molecule has 0 bridgehead atoms. The lowest BCUT2D eigenvalue weighted by molar-refractivity contribution is 0.553. The molecule has 0 radical (unpaired) electrons. The number of nitrogens with zero attached hydrogens (tertiary/aromatic N) is 2. The van der Waals surface area contributed by atoms with Crippen LogP contribution in [0.1, 0.15) is 117 Å². The Kier molecular flexibility index (Phi) is 15.4. The van der Waals surface area contributed by atoms with Gasteiger partial charge < -0.3 is 9.88 Å². The van der Waals surface area contributed by atoms with Gasteiger partial charge in [0.25, 0.3) is 0 Å². The minimum atomic E-state index is 1.07. The van der Waals surface area contributed by atoms with Crippen molar-refractivity contribution in [2.75, 3.05) is 18.0 Å². The second kappa shape index (κ2) is 17.4. The van der Waals surface area contributed by atoms with Crippen molar-refractivity contribution in [3.8, 4) is 0 Å². The van der Waals surface area contributed by atoms with E-state index in [1.165, 1.54) is 103 Å². The van der Waals surface area contributed by atoms with Crippen molar-refractivity contribution in [3.63, 3.8) is 0 Å². The van der Waals surface area contributed by atoms with Crippen molar-refractivity contribution in [1.82, 2.24) is 9.97 Å². The summed E-state index contributed by atoms with van der Waals surface area (Å²) in [4.78, 5) is 10.3. The summed E-state index contributed by atoms with van der Waals surface area (Å²) in [7, 11) is 0. The largest absolute Gasteiger partial charge is 0.342 e. The second-order valence-electron chi connectivity index (χ2n) is 7.85. The van der Waals surface area contributed by atoms with Gasteiger partial charge in [0.1, 0.15) is 0 Å². The Morgan fingerprint density at radius 2 is 1.08 bits per heavy atom. The lowest BCUT2D eigenvalue weighted by Crippen LogP contribution is -2.26. The molecular formula is C23H45N3. The fourth-order valence-corrected chi connectivity index (χ4v) is 3.63. The molecule has 0 aliphatic rings. The Bertz CT molecular complexity index is 355. The highest BCUT2D eigenvalue weighted by molar-refractivity contribution is 5.28. The van der Waals surface area contributed by atoms with E-state index in [9.17, 15) is 0 Å². The van der Waals surface area contributed by atoms with E-state index in [4.69, 9.17) is 0 Å². The highest BCUT2D eigenvalue weighted by Crippen LogP contribution is 2.14. The monoisotopic (exact) mass is 363 g/mol. The zero-order chi connectivity index (χ0) is 18.7. The summed E-state index contributed by atoms with van der Waals surface area (Å²) < 4.78 is 0. The van der Waals surface area contributed by atoms with Gasteiger partial charge in [-0.25, -0.2) is 4.98 Å². The lowest BCUT2D eigenvalue weighted by atomic mass is 10.1. The smallest absolute Gasteiger partial charge is 0.202 e. The summed E-state index contributed by atoms with van der Waals surface area (Å²) in [5.41, 5.74) is 0. The van der Waals surface area contributed by atoms with Crippen LogP contribution < -0.4 is 4.90 Å². The zero-order valence-corrected chi connectivity index (χ0v) is 17.8. The molecule has 0 saturated carbocycles. The maximum absolute atomic E-state index is 4.48. The van der Waals surface area contributed by atoms with Crippen molar-refractivity contribution in [2.45, 2.75) is 117 Å². The van der Waals surface area contributed by atoms with Crippen LogP contribution in [0.3, 0.4) is 0 Å². The molecule has 1 N–H and O–H groups in total. The molecule has 1 aromatic heterocycles. The molecule has 0 aliphatic heterocycles. The van der Waals surface area contributed by atoms with Gasteiger partial charge in [0, 0.05) is 25.5 Å². The van der Waals surface area contributed by atoms with E-state index in [0.29, 0.717) is 0 Å². The van der Waals surface area contributed by atoms with Crippen LogP contribution in [0.5, 0.6) is 0 Å². The zero-order valence-electron chi connectivity index (χ0n) is 17.8. The molecule has 1 aromatic rings. The molecule has 152 valence electrons. The number of H-pyrrole nitrogens is 1. The number of rotatable bonds is 19. The first-order valence-electron chi connectivity index (χ1n) is 11.6. The van der Waals surface area contributed by atoms with Crippen molar-refractivity contribution in [2.24, 2.45) is 0 Å². The molecule has 3 nitrogen and oxygen atoms in total. The van der Waals surface area contributed by atoms with Gasteiger partial charge in [-0.1, -0.05) is 104 Å². The average Bonchev–Trinajstić information content (AvgIpc) is 3.19. The minimum absolute atomic E-state index is 1.07. The molecule has 0 atom stereocenters. The molecule has 0 spiro atoms. The maximum atomic E-state index is 4.48. The number of nitrogens with one attached hydrogen (secondary N) is 1. The summed E-state index contributed by atoms with van der Waals surface area (Å²) in [6.07, 6.45) is 26.0. The van der Waals surface area contributed by atoms with Gasteiger partial charge in [-0.15, -0.1) is 0 Å². The number of hydrogen-bond acceptors (Lipinski definition) is 2. The Balaban J connectivity index is 2.09. The molecular weight excluding hydrogens is 318 g/mol. The van der Waals surface area contributed by atoms with E-state index in [1.54, 1.807) is 0 Å². The number of hydrogen-bond donors (Lipinski definition) is 1. The molecule has 1 rings (SSSR count). The van der Waals surface area contributed by atoms with Crippen LogP contribution in [-0.4, -0.2) is 23.1 Å². The molecule has 0 unspecified atom stereocenters. The number of aromatic nitrogens is 2. The van der Waals surface area contributed by atoms with Gasteiger partial charge in [-0.2, -0.15) is 0 Å². The van der Waals surface area contributed by atoms with E-state index < -0.39 is 0 Å². The second-order valence-corrected chi connectivity index (χ2v) is 7.85. The van der Waals surface area contributed by atoms with Crippen LogP contribution in [0.4, 0.5) is 5.95 Å². The van der Waals surface area contributed by atoms with Gasteiger partial charge in [0.2, 0.25) is 5.95 Å². The van der Waals surface area contributed by atoms with E-state index in [-0.39, 0.29) is 0 Å². The first-order valence-corrected chi connectivity index (χ1v) is 11.6. The third kappa shape index (κ3) is 12.4. The Morgan fingerprint density at radius 1 is 0.654 bits per heavy atom. The molecule has 0 amide bonds. The summed E-state index contributed by atoms with van der Waals surface area (Å²) >= 11 is 0. The summed E-state index contributed by atoms with van der Waals surface area (Å²) in [5, 5.41) is 0. The molecule has 0 aromatic carbocycles. The highest BCUT2D eigenvalue weighted by atomic mass is 15.2. The lowest BCUT2D eigenvalue weighted by Gasteiger charge is -2.22. The van der Waals surface area contributed by atoms with Crippen LogP contribution in [0.25, 0.3) is 0 Å². The van der Waals surface area contributed by atoms with Gasteiger partial charge in [0.05, 0.1) is 0 Å². The quantitative estimate of drug-likeness (QED) is 0.258. The van der Waals surface area contributed by atoms with E-state index in [1.807, 2.05) is 12.4 Å². The number of anilines is 1. The first-order chi connectivity index (χ1) is 12.9. The number of aromatic amines is 1. The van der Waals surface area contributed by atoms with E-state index >= 15 is 0 Å². The van der Waals surface area contributed by atoms with Crippen molar-refractivity contribution < 1.29 is 0 Å². The van der Waals surface area contributed by atoms with Crippen LogP contribution in [-0.2, 0) is 0 Å². The Morgan fingerprint density at radius 3 is 1.46 bits per heavy atom. The summed E-state index contributed by atoms with van der Waals surface area (Å²) in [6, 6.07) is 0. The summed E-state index contributed by atoms with van der Waals surface area (Å²) in [5.74, 6) is 1.07. The number of unbranched alkanes of at least 4 members (excludes halogenated alkanes) is 14. The fourth-order valence-electron chi connectivity index (χ4n) is 3.63. The normalized spacial score (nSPS) is 11.2. The Labute approximate surface area is 163 Å². The molecule has 0 fully saturated rings. The summed E-state index contributed by atoms with van der Waals surface area (Å²) in [6.45, 7) is 6.88. The Hall–Kier alpha value is -0.990. The van der Waals surface area contributed by atoms with Gasteiger partial charge in [0.15, 0.2) is 0 Å². The average molecular weight is 364 g/mol. The molecule has 3 heteroatoms. The first kappa shape index (κ1) is 23.0. The van der Waals surface area contributed by atoms with Gasteiger partial charge >= 0.3 is 0 Å². The van der Waals surface area contributed by atoms with Crippen LogP contribution >= 0.6 is 0 Å². The van der Waals surface area contributed by atoms with Crippen LogP contribution in [0.2, 0.25) is 0 Å². The SMILES string of the molecule is CCCCCCCCCCN(CCCCCCCCCC)c1ncc[nH]1. The molecule has 26 heavy (non-hydrogen) atoms. The number of imidazole rings is 1. The predicted octanol–water partition coefficient (Wildman–Crippen LogP) is 7.50. The van der Waals surface area contributed by atoms with Crippen molar-refractivity contribution in [3.05, 3.63) is 12.4 Å². The molecule has 1 heterocycles. The van der Waals surface area contributed by atoms with E-state index in [2.05, 4.69) is 28.7 Å². The standard InChI is InChI=1S/C23H45N3/c1-3-5-7-9-11-13-15-17-21-26(23-24-19-20-25-23)22-18-16-14-12-10-8-6-4-2/h19-20H,3-18,21-22H2,1-2H3,(H,24,25). The van der Waals surface area contributed by atoms with E-state index in [0.717, 1.165) is 19.0 Å². The topological polar surface area (TPSA) is 31.9 Å². The molecule has 0 aliphatic carbocycles. The fraction of sp³-hybridized carbons (Fsp3) is 0.870. The third-order valence-corrected chi connectivity index (χ3v) is 5.35.